The van der Waals surface area contributed by atoms with Crippen molar-refractivity contribution in [1.82, 2.24) is 10.5 Å². The van der Waals surface area contributed by atoms with Crippen molar-refractivity contribution in [2.75, 3.05) is 6.54 Å². The first-order valence-electron chi connectivity index (χ1n) is 8.36. The Hall–Kier alpha value is -2.63. The summed E-state index contributed by atoms with van der Waals surface area (Å²) in [6.07, 6.45) is 0.353. The zero-order valence-electron chi connectivity index (χ0n) is 15.0. The Morgan fingerprint density at radius 3 is 2.44 bits per heavy atom. The molecule has 1 aromatic carbocycles. The first kappa shape index (κ1) is 18.7. The first-order chi connectivity index (χ1) is 11.8. The van der Waals surface area contributed by atoms with E-state index in [2.05, 4.69) is 10.5 Å². The molecule has 6 heteroatoms. The molecular formula is C19H24N2O4. The molecule has 1 heterocycles. The number of aryl methyl sites for hydroxylation is 1. The minimum Gasteiger partial charge on any atom is -0.481 e. The minimum atomic E-state index is -1.18. The van der Waals surface area contributed by atoms with Crippen LogP contribution in [0.1, 0.15) is 60.5 Å². The number of rotatable bonds is 7. The third-order valence-corrected chi connectivity index (χ3v) is 4.53. The molecule has 0 aliphatic heterocycles. The van der Waals surface area contributed by atoms with Crippen LogP contribution in [0.3, 0.4) is 0 Å². The normalized spacial score (nSPS) is 13.5. The Bertz CT molecular complexity index is 752. The maximum absolute atomic E-state index is 12.7. The van der Waals surface area contributed by atoms with E-state index in [1.165, 1.54) is 0 Å². The van der Waals surface area contributed by atoms with Crippen LogP contribution in [0.5, 0.6) is 0 Å². The highest BCUT2D eigenvalue weighted by molar-refractivity contribution is 5.97. The van der Waals surface area contributed by atoms with Gasteiger partial charge in [0.15, 0.2) is 5.76 Å². The molecule has 1 aromatic heterocycles. The molecule has 0 spiro atoms. The lowest BCUT2D eigenvalue weighted by Crippen LogP contribution is -2.46. The Morgan fingerprint density at radius 1 is 1.28 bits per heavy atom. The van der Waals surface area contributed by atoms with Gasteiger partial charge < -0.3 is 14.9 Å². The maximum Gasteiger partial charge on any atom is 0.315 e. The zero-order valence-corrected chi connectivity index (χ0v) is 15.0. The van der Waals surface area contributed by atoms with Crippen LogP contribution in [-0.4, -0.2) is 28.7 Å². The highest BCUT2D eigenvalue weighted by Crippen LogP contribution is 2.28. The number of benzene rings is 1. The number of hydrogen-bond acceptors (Lipinski definition) is 4. The average Bonchev–Trinajstić information content (AvgIpc) is 2.98. The van der Waals surface area contributed by atoms with Gasteiger partial charge in [0.25, 0.3) is 5.91 Å². The Balaban J connectivity index is 2.29. The largest absolute Gasteiger partial charge is 0.481 e. The Kier molecular flexibility index (Phi) is 5.62. The molecule has 2 rings (SSSR count). The molecule has 1 amide bonds. The van der Waals surface area contributed by atoms with Crippen LogP contribution in [0.4, 0.5) is 0 Å². The second-order valence-electron chi connectivity index (χ2n) is 6.45. The summed E-state index contributed by atoms with van der Waals surface area (Å²) in [5, 5.41) is 16.5. The lowest BCUT2D eigenvalue weighted by atomic mass is 9.78. The molecular weight excluding hydrogens is 320 g/mol. The Labute approximate surface area is 147 Å². The fraction of sp³-hybridized carbons (Fsp3) is 0.421. The topological polar surface area (TPSA) is 92.4 Å². The van der Waals surface area contributed by atoms with Crippen molar-refractivity contribution >= 4 is 11.9 Å². The van der Waals surface area contributed by atoms with E-state index in [1.807, 2.05) is 19.9 Å². The van der Waals surface area contributed by atoms with E-state index in [4.69, 9.17) is 4.52 Å². The third-order valence-electron chi connectivity index (χ3n) is 4.53. The number of nitrogens with zero attached hydrogens (tertiary/aromatic N) is 1. The van der Waals surface area contributed by atoms with Crippen molar-refractivity contribution in [3.05, 3.63) is 52.9 Å². The molecule has 0 saturated carbocycles. The standard InChI is InChI=1S/C19H24N2O4/c1-5-19(18(23)24,14-9-7-6-8-10-14)11-20-17(22)15-13(4)21-25-16(15)12(2)3/h6-10,12H,5,11H2,1-4H3,(H,20,22)(H,23,24). The van der Waals surface area contributed by atoms with Gasteiger partial charge in [-0.1, -0.05) is 56.3 Å². The highest BCUT2D eigenvalue weighted by atomic mass is 16.5. The van der Waals surface area contributed by atoms with Gasteiger partial charge in [-0.15, -0.1) is 0 Å². The third kappa shape index (κ3) is 3.57. The molecule has 0 fully saturated rings. The van der Waals surface area contributed by atoms with Crippen molar-refractivity contribution in [3.8, 4) is 0 Å². The van der Waals surface area contributed by atoms with Crippen LogP contribution >= 0.6 is 0 Å². The SMILES string of the molecule is CCC(CNC(=O)c1c(C)noc1C(C)C)(C(=O)O)c1ccccc1. The summed E-state index contributed by atoms with van der Waals surface area (Å²) < 4.78 is 5.24. The second kappa shape index (κ2) is 7.51. The van der Waals surface area contributed by atoms with Gasteiger partial charge in [-0.2, -0.15) is 0 Å². The fourth-order valence-corrected chi connectivity index (χ4v) is 2.92. The number of carbonyl (C=O) groups excluding carboxylic acids is 1. The van der Waals surface area contributed by atoms with Crippen LogP contribution in [0, 0.1) is 6.92 Å². The quantitative estimate of drug-likeness (QED) is 0.804. The maximum atomic E-state index is 12.7. The fourth-order valence-electron chi connectivity index (χ4n) is 2.92. The number of aliphatic carboxylic acids is 1. The highest BCUT2D eigenvalue weighted by Gasteiger charge is 2.39. The summed E-state index contributed by atoms with van der Waals surface area (Å²) in [5.74, 6) is -0.816. The number of aromatic nitrogens is 1. The number of carboxylic acid groups (broad SMARTS) is 1. The Morgan fingerprint density at radius 2 is 1.92 bits per heavy atom. The van der Waals surface area contributed by atoms with Crippen molar-refractivity contribution < 1.29 is 19.2 Å². The molecule has 0 saturated heterocycles. The molecule has 25 heavy (non-hydrogen) atoms. The van der Waals surface area contributed by atoms with Crippen molar-refractivity contribution in [2.45, 2.75) is 45.4 Å². The van der Waals surface area contributed by atoms with Gasteiger partial charge in [0.2, 0.25) is 0 Å². The van der Waals surface area contributed by atoms with Crippen LogP contribution in [0.2, 0.25) is 0 Å². The van der Waals surface area contributed by atoms with E-state index in [1.54, 1.807) is 38.1 Å². The molecule has 2 aromatic rings. The van der Waals surface area contributed by atoms with Crippen LogP contribution in [-0.2, 0) is 10.2 Å². The van der Waals surface area contributed by atoms with Crippen LogP contribution in [0.25, 0.3) is 0 Å². The molecule has 0 aliphatic carbocycles. The van der Waals surface area contributed by atoms with E-state index >= 15 is 0 Å². The predicted molar refractivity (Wildman–Crippen MR) is 93.7 cm³/mol. The lowest BCUT2D eigenvalue weighted by Gasteiger charge is -2.29. The van der Waals surface area contributed by atoms with Gasteiger partial charge in [0, 0.05) is 12.5 Å². The summed E-state index contributed by atoms with van der Waals surface area (Å²) in [6, 6.07) is 8.97. The van der Waals surface area contributed by atoms with Gasteiger partial charge in [0.1, 0.15) is 11.0 Å². The summed E-state index contributed by atoms with van der Waals surface area (Å²) in [7, 11) is 0. The van der Waals surface area contributed by atoms with Gasteiger partial charge in [-0.3, -0.25) is 9.59 Å². The van der Waals surface area contributed by atoms with Crippen molar-refractivity contribution in [1.29, 1.82) is 0 Å². The predicted octanol–water partition coefficient (Wildman–Crippen LogP) is 3.27. The summed E-state index contributed by atoms with van der Waals surface area (Å²) in [6.45, 7) is 7.32. The van der Waals surface area contributed by atoms with E-state index < -0.39 is 11.4 Å². The molecule has 134 valence electrons. The van der Waals surface area contributed by atoms with Gasteiger partial charge in [-0.05, 0) is 18.9 Å². The molecule has 1 atom stereocenters. The smallest absolute Gasteiger partial charge is 0.315 e. The van der Waals surface area contributed by atoms with Crippen molar-refractivity contribution in [3.63, 3.8) is 0 Å². The van der Waals surface area contributed by atoms with E-state index in [-0.39, 0.29) is 18.4 Å². The monoisotopic (exact) mass is 344 g/mol. The zero-order chi connectivity index (χ0) is 18.6. The van der Waals surface area contributed by atoms with Gasteiger partial charge >= 0.3 is 5.97 Å². The molecule has 2 N–H and O–H groups in total. The van der Waals surface area contributed by atoms with Crippen LogP contribution < -0.4 is 5.32 Å². The first-order valence-corrected chi connectivity index (χ1v) is 8.36. The second-order valence-corrected chi connectivity index (χ2v) is 6.45. The van der Waals surface area contributed by atoms with E-state index in [0.29, 0.717) is 29.0 Å². The average molecular weight is 344 g/mol. The number of hydrogen-bond donors (Lipinski definition) is 2. The minimum absolute atomic E-state index is 0.00600. The van der Waals surface area contributed by atoms with Crippen LogP contribution in [0.15, 0.2) is 34.9 Å². The number of amides is 1. The molecule has 1 unspecified atom stereocenters. The number of carbonyl (C=O) groups is 2. The summed E-state index contributed by atoms with van der Waals surface area (Å²) in [4.78, 5) is 24.7. The van der Waals surface area contributed by atoms with Gasteiger partial charge in [0.05, 0.1) is 5.69 Å². The number of carboxylic acids is 1. The molecule has 0 bridgehead atoms. The van der Waals surface area contributed by atoms with Crippen molar-refractivity contribution in [2.24, 2.45) is 0 Å². The number of nitrogens with one attached hydrogen (secondary N) is 1. The van der Waals surface area contributed by atoms with Gasteiger partial charge in [-0.25, -0.2) is 0 Å². The van der Waals surface area contributed by atoms with E-state index in [9.17, 15) is 14.7 Å². The molecule has 6 nitrogen and oxygen atoms in total. The van der Waals surface area contributed by atoms with E-state index in [0.717, 1.165) is 0 Å². The lowest BCUT2D eigenvalue weighted by molar-refractivity contribution is -0.143. The summed E-state index contributed by atoms with van der Waals surface area (Å²) >= 11 is 0. The summed E-state index contributed by atoms with van der Waals surface area (Å²) in [5.41, 5.74) is 0.369. The molecule has 0 radical (unpaired) electrons. The molecule has 0 aliphatic rings.